The number of benzene rings is 6. The number of allylic oxidation sites excluding steroid dienone is 5. The van der Waals surface area contributed by atoms with Gasteiger partial charge in [-0.1, -0.05) is 103 Å². The fourth-order valence-electron chi connectivity index (χ4n) is 8.54. The van der Waals surface area contributed by atoms with E-state index in [1.807, 2.05) is 25.1 Å². The zero-order valence-corrected chi connectivity index (χ0v) is 30.5. The van der Waals surface area contributed by atoms with E-state index in [2.05, 4.69) is 162 Å². The van der Waals surface area contributed by atoms with Crippen LogP contribution in [0.5, 0.6) is 0 Å². The van der Waals surface area contributed by atoms with Crippen LogP contribution in [0.4, 0.5) is 11.4 Å². The topological polar surface area (TPSA) is 55.8 Å². The minimum absolute atomic E-state index is 0.142. The standard InChI is InChI=1S/C49H32N4S/c1-3-11-31-18-22-42-47(30(31)2)40-25-33(32-12-5-4-6-13-32)19-21-41(40)53(42)45-27-35(28-50)44(26-36(45)29-51)52-37-15-8-7-14-34(24-37)48-43(52)23-20-39-38-16-9-10-17-46(38)54-49(39)48/h3-27,37H,1-2H3/b11-3-. The molecule has 8 aromatic rings. The summed E-state index contributed by atoms with van der Waals surface area (Å²) in [5, 5.41) is 26.6. The van der Waals surface area contributed by atoms with Crippen LogP contribution in [0.3, 0.4) is 0 Å². The average Bonchev–Trinajstić information content (AvgIpc) is 3.68. The number of nitriles is 2. The Hall–Kier alpha value is -6.92. The van der Waals surface area contributed by atoms with Gasteiger partial charge in [-0.25, -0.2) is 0 Å². The molecule has 10 rings (SSSR count). The predicted octanol–water partition coefficient (Wildman–Crippen LogP) is 12.9. The van der Waals surface area contributed by atoms with Crippen LogP contribution in [0, 0.1) is 29.6 Å². The highest BCUT2D eigenvalue weighted by Crippen LogP contribution is 2.49. The Morgan fingerprint density at radius 2 is 1.48 bits per heavy atom. The Balaban J connectivity index is 1.22. The van der Waals surface area contributed by atoms with Crippen molar-refractivity contribution in [2.24, 2.45) is 0 Å². The van der Waals surface area contributed by atoms with Crippen LogP contribution in [0.2, 0.25) is 0 Å². The molecule has 1 atom stereocenters. The molecule has 0 amide bonds. The first-order valence-electron chi connectivity index (χ1n) is 18.1. The van der Waals surface area contributed by atoms with Gasteiger partial charge in [0.15, 0.2) is 0 Å². The van der Waals surface area contributed by atoms with E-state index < -0.39 is 0 Å². The number of fused-ring (bicyclic) bond motifs is 10. The molecule has 54 heavy (non-hydrogen) atoms. The molecule has 6 aromatic carbocycles. The summed E-state index contributed by atoms with van der Waals surface area (Å²) >= 11 is 1.80. The summed E-state index contributed by atoms with van der Waals surface area (Å²) in [6.07, 6.45) is 15.0. The van der Waals surface area contributed by atoms with Crippen molar-refractivity contribution in [1.29, 1.82) is 10.5 Å². The summed E-state index contributed by atoms with van der Waals surface area (Å²) in [7, 11) is 0. The van der Waals surface area contributed by atoms with E-state index >= 15 is 0 Å². The molecule has 5 heteroatoms. The van der Waals surface area contributed by atoms with Crippen molar-refractivity contribution >= 4 is 76.3 Å². The fraction of sp³-hybridized carbons (Fsp3) is 0.0612. The lowest BCUT2D eigenvalue weighted by Crippen LogP contribution is -2.32. The number of anilines is 2. The Bertz CT molecular complexity index is 3100. The third-order valence-corrected chi connectivity index (χ3v) is 12.2. The van der Waals surface area contributed by atoms with Gasteiger partial charge < -0.3 is 9.47 Å². The maximum Gasteiger partial charge on any atom is 0.101 e. The van der Waals surface area contributed by atoms with E-state index in [9.17, 15) is 10.5 Å². The Kier molecular flexibility index (Phi) is 7.27. The second kappa shape index (κ2) is 12.3. The van der Waals surface area contributed by atoms with Crippen LogP contribution in [-0.4, -0.2) is 10.6 Å². The monoisotopic (exact) mass is 708 g/mol. The molecule has 2 aromatic heterocycles. The minimum atomic E-state index is -0.142. The Morgan fingerprint density at radius 1 is 0.704 bits per heavy atom. The van der Waals surface area contributed by atoms with Crippen LogP contribution < -0.4 is 4.90 Å². The molecule has 4 nitrogen and oxygen atoms in total. The third kappa shape index (κ3) is 4.66. The van der Waals surface area contributed by atoms with Gasteiger partial charge in [-0.3, -0.25) is 0 Å². The minimum Gasteiger partial charge on any atom is -0.329 e. The molecule has 1 aliphatic carbocycles. The highest BCUT2D eigenvalue weighted by atomic mass is 32.1. The quantitative estimate of drug-likeness (QED) is 0.183. The lowest BCUT2D eigenvalue weighted by molar-refractivity contribution is 0.931. The van der Waals surface area contributed by atoms with Gasteiger partial charge in [0.05, 0.1) is 45.3 Å². The third-order valence-electron chi connectivity index (χ3n) is 11.0. The zero-order chi connectivity index (χ0) is 36.5. The van der Waals surface area contributed by atoms with Gasteiger partial charge in [-0.05, 0) is 90.2 Å². The van der Waals surface area contributed by atoms with Crippen molar-refractivity contribution in [3.63, 3.8) is 0 Å². The lowest BCUT2D eigenvalue weighted by Gasteiger charge is -2.36. The summed E-state index contributed by atoms with van der Waals surface area (Å²) in [6.45, 7) is 4.21. The van der Waals surface area contributed by atoms with Crippen LogP contribution in [0.15, 0.2) is 146 Å². The van der Waals surface area contributed by atoms with E-state index in [1.165, 1.54) is 25.7 Å². The Morgan fingerprint density at radius 3 is 2.31 bits per heavy atom. The molecule has 0 saturated carbocycles. The maximum absolute atomic E-state index is 10.9. The molecule has 1 unspecified atom stereocenters. The molecule has 0 N–H and O–H groups in total. The molecular formula is C49H32N4S. The highest BCUT2D eigenvalue weighted by Gasteiger charge is 2.31. The molecule has 1 aliphatic heterocycles. The molecule has 0 fully saturated rings. The fourth-order valence-corrected chi connectivity index (χ4v) is 9.81. The number of thiophene rings is 1. The summed E-state index contributed by atoms with van der Waals surface area (Å²) < 4.78 is 4.64. The van der Waals surface area contributed by atoms with Gasteiger partial charge in [0.1, 0.15) is 12.1 Å². The van der Waals surface area contributed by atoms with Crippen LogP contribution >= 0.6 is 11.3 Å². The largest absolute Gasteiger partial charge is 0.329 e. The first-order chi connectivity index (χ1) is 26.6. The van der Waals surface area contributed by atoms with E-state index in [0.717, 1.165) is 55.3 Å². The molecule has 0 spiro atoms. The number of aromatic nitrogens is 1. The SMILES string of the molecule is C/C=C\c1ccc2c(c1C)c1cc(-c3ccccc3)ccc1n2-c1cc(C#N)c(N2c3ccc4c(sc5ccccc54)c3C3=CC2C=CC=C3)cc1C#N. The zero-order valence-electron chi connectivity index (χ0n) is 29.7. The van der Waals surface area contributed by atoms with Crippen molar-refractivity contribution in [3.8, 4) is 29.0 Å². The van der Waals surface area contributed by atoms with Crippen molar-refractivity contribution in [3.05, 3.63) is 173 Å². The summed E-state index contributed by atoms with van der Waals surface area (Å²) in [4.78, 5) is 2.24. The van der Waals surface area contributed by atoms with E-state index in [1.54, 1.807) is 11.3 Å². The van der Waals surface area contributed by atoms with Crippen molar-refractivity contribution in [1.82, 2.24) is 4.57 Å². The number of nitrogens with zero attached hydrogens (tertiary/aromatic N) is 4. The van der Waals surface area contributed by atoms with Gasteiger partial charge in [0, 0.05) is 36.5 Å². The number of hydrogen-bond donors (Lipinski definition) is 0. The first-order valence-corrected chi connectivity index (χ1v) is 18.9. The first kappa shape index (κ1) is 31.8. The smallest absolute Gasteiger partial charge is 0.101 e. The summed E-state index contributed by atoms with van der Waals surface area (Å²) in [5.74, 6) is 0. The number of aryl methyl sites for hydroxylation is 1. The van der Waals surface area contributed by atoms with Gasteiger partial charge in [-0.2, -0.15) is 10.5 Å². The molecule has 0 saturated heterocycles. The van der Waals surface area contributed by atoms with Gasteiger partial charge in [0.2, 0.25) is 0 Å². The molecule has 2 aliphatic rings. The van der Waals surface area contributed by atoms with E-state index in [4.69, 9.17) is 0 Å². The summed E-state index contributed by atoms with van der Waals surface area (Å²) in [6, 6.07) is 43.0. The Labute approximate surface area is 317 Å². The van der Waals surface area contributed by atoms with E-state index in [0.29, 0.717) is 22.5 Å². The number of rotatable bonds is 4. The van der Waals surface area contributed by atoms with Crippen molar-refractivity contribution in [2.45, 2.75) is 19.9 Å². The predicted molar refractivity (Wildman–Crippen MR) is 227 cm³/mol. The second-order valence-electron chi connectivity index (χ2n) is 13.9. The normalized spacial score (nSPS) is 14.9. The van der Waals surface area contributed by atoms with Gasteiger partial charge in [0.25, 0.3) is 0 Å². The number of hydrogen-bond acceptors (Lipinski definition) is 4. The molecule has 254 valence electrons. The summed E-state index contributed by atoms with van der Waals surface area (Å²) in [5.41, 5.74) is 12.3. The molecular weight excluding hydrogens is 677 g/mol. The van der Waals surface area contributed by atoms with Gasteiger partial charge >= 0.3 is 0 Å². The van der Waals surface area contributed by atoms with Gasteiger partial charge in [-0.15, -0.1) is 11.3 Å². The van der Waals surface area contributed by atoms with Crippen molar-refractivity contribution in [2.75, 3.05) is 4.90 Å². The van der Waals surface area contributed by atoms with Crippen LogP contribution in [0.25, 0.3) is 70.4 Å². The molecule has 2 bridgehead atoms. The lowest BCUT2D eigenvalue weighted by atomic mass is 9.92. The van der Waals surface area contributed by atoms with Crippen molar-refractivity contribution < 1.29 is 0 Å². The average molecular weight is 709 g/mol. The van der Waals surface area contributed by atoms with Crippen LogP contribution in [0.1, 0.15) is 34.7 Å². The highest BCUT2D eigenvalue weighted by molar-refractivity contribution is 7.26. The molecule has 0 radical (unpaired) electrons. The second-order valence-corrected chi connectivity index (χ2v) is 14.9. The van der Waals surface area contributed by atoms with Crippen LogP contribution in [-0.2, 0) is 0 Å². The molecule has 3 heterocycles. The van der Waals surface area contributed by atoms with E-state index in [-0.39, 0.29) is 6.04 Å². The maximum atomic E-state index is 10.9.